The van der Waals surface area contributed by atoms with Crippen molar-refractivity contribution in [1.29, 1.82) is 0 Å². The minimum absolute atomic E-state index is 0.0907. The summed E-state index contributed by atoms with van der Waals surface area (Å²) in [6.07, 6.45) is -1.05. The lowest BCUT2D eigenvalue weighted by atomic mass is 10.2. The molecule has 0 aliphatic heterocycles. The molecule has 26 heavy (non-hydrogen) atoms. The van der Waals surface area contributed by atoms with E-state index in [0.717, 1.165) is 10.9 Å². The van der Waals surface area contributed by atoms with Crippen LogP contribution < -0.4 is 5.32 Å². The summed E-state index contributed by atoms with van der Waals surface area (Å²) in [6, 6.07) is 12.9. The Morgan fingerprint density at radius 2 is 1.92 bits per heavy atom. The number of nitrogens with zero attached hydrogens (tertiary/aromatic N) is 1. The Balaban J connectivity index is 1.51. The third-order valence-electron chi connectivity index (χ3n) is 3.82. The zero-order chi connectivity index (χ0) is 18.5. The van der Waals surface area contributed by atoms with Gasteiger partial charge >= 0.3 is 5.97 Å². The van der Waals surface area contributed by atoms with E-state index < -0.39 is 18.0 Å². The molecule has 6 nitrogen and oxygen atoms in total. The third-order valence-corrected chi connectivity index (χ3v) is 3.82. The molecular weight excluding hydrogens is 339 g/mol. The lowest BCUT2D eigenvalue weighted by Gasteiger charge is -2.13. The molecule has 1 heterocycles. The summed E-state index contributed by atoms with van der Waals surface area (Å²) in [5.41, 5.74) is 1.79. The van der Waals surface area contributed by atoms with Gasteiger partial charge in [0.2, 0.25) is 0 Å². The highest BCUT2D eigenvalue weighted by Gasteiger charge is 2.20. The standard InChI is InChI=1S/C19H17FN2O4/c1-12(19(24)21-11-13-6-8-14(20)9-7-13)25-18(23)10-16-15-4-2-3-5-17(15)26-22-16/h2-9,12H,10-11H2,1H3,(H,21,24)/t12-/m1/s1. The fourth-order valence-electron chi connectivity index (χ4n) is 2.43. The molecule has 0 spiro atoms. The second-order valence-electron chi connectivity index (χ2n) is 5.78. The van der Waals surface area contributed by atoms with Crippen LogP contribution in [0.25, 0.3) is 11.0 Å². The van der Waals surface area contributed by atoms with Gasteiger partial charge in [-0.25, -0.2) is 4.39 Å². The van der Waals surface area contributed by atoms with Gasteiger partial charge in [0.1, 0.15) is 11.5 Å². The van der Waals surface area contributed by atoms with E-state index in [-0.39, 0.29) is 18.8 Å². The average Bonchev–Trinajstić information content (AvgIpc) is 3.04. The highest BCUT2D eigenvalue weighted by Crippen LogP contribution is 2.18. The SMILES string of the molecule is C[C@@H](OC(=O)Cc1noc2ccccc12)C(=O)NCc1ccc(F)cc1. The van der Waals surface area contributed by atoms with E-state index in [1.165, 1.54) is 19.1 Å². The van der Waals surface area contributed by atoms with Crippen molar-refractivity contribution in [2.24, 2.45) is 0 Å². The van der Waals surface area contributed by atoms with E-state index in [4.69, 9.17) is 9.26 Å². The molecule has 3 aromatic rings. The van der Waals surface area contributed by atoms with Crippen molar-refractivity contribution in [1.82, 2.24) is 10.5 Å². The zero-order valence-corrected chi connectivity index (χ0v) is 14.1. The van der Waals surface area contributed by atoms with Crippen LogP contribution >= 0.6 is 0 Å². The summed E-state index contributed by atoms with van der Waals surface area (Å²) in [5, 5.41) is 7.24. The lowest BCUT2D eigenvalue weighted by molar-refractivity contribution is -0.154. The van der Waals surface area contributed by atoms with Gasteiger partial charge in [0.05, 0.1) is 6.42 Å². The number of esters is 1. The fraction of sp³-hybridized carbons (Fsp3) is 0.211. The summed E-state index contributed by atoms with van der Waals surface area (Å²) in [7, 11) is 0. The molecule has 0 saturated heterocycles. The highest BCUT2D eigenvalue weighted by atomic mass is 19.1. The fourth-order valence-corrected chi connectivity index (χ4v) is 2.43. The molecule has 134 valence electrons. The molecule has 0 bridgehead atoms. The molecule has 0 fully saturated rings. The summed E-state index contributed by atoms with van der Waals surface area (Å²) in [6.45, 7) is 1.70. The summed E-state index contributed by atoms with van der Waals surface area (Å²) < 4.78 is 23.1. The van der Waals surface area contributed by atoms with Gasteiger partial charge in [-0.1, -0.05) is 29.4 Å². The number of halogens is 1. The number of nitrogens with one attached hydrogen (secondary N) is 1. The van der Waals surface area contributed by atoms with Crippen LogP contribution in [0, 0.1) is 5.82 Å². The number of rotatable bonds is 6. The Labute approximate surface area is 148 Å². The number of aromatic nitrogens is 1. The molecule has 0 aliphatic rings. The number of para-hydroxylation sites is 1. The molecule has 1 N–H and O–H groups in total. The van der Waals surface area contributed by atoms with Gasteiger partial charge in [0, 0.05) is 11.9 Å². The van der Waals surface area contributed by atoms with E-state index in [2.05, 4.69) is 10.5 Å². The predicted molar refractivity (Wildman–Crippen MR) is 91.5 cm³/mol. The summed E-state index contributed by atoms with van der Waals surface area (Å²) >= 11 is 0. The van der Waals surface area contributed by atoms with Gasteiger partial charge in [-0.3, -0.25) is 9.59 Å². The van der Waals surface area contributed by atoms with Crippen LogP contribution in [0.3, 0.4) is 0 Å². The van der Waals surface area contributed by atoms with E-state index in [1.807, 2.05) is 12.1 Å². The number of benzene rings is 2. The topological polar surface area (TPSA) is 81.4 Å². The molecule has 1 amide bonds. The molecule has 2 aromatic carbocycles. The van der Waals surface area contributed by atoms with Gasteiger partial charge in [-0.15, -0.1) is 0 Å². The highest BCUT2D eigenvalue weighted by molar-refractivity contribution is 5.86. The normalized spacial score (nSPS) is 11.9. The van der Waals surface area contributed by atoms with Crippen LogP contribution in [0.2, 0.25) is 0 Å². The summed E-state index contributed by atoms with van der Waals surface area (Å²) in [5.74, 6) is -1.36. The molecule has 3 rings (SSSR count). The quantitative estimate of drug-likeness (QED) is 0.687. The number of fused-ring (bicyclic) bond motifs is 1. The Morgan fingerprint density at radius 1 is 1.19 bits per heavy atom. The largest absolute Gasteiger partial charge is 0.452 e. The van der Waals surface area contributed by atoms with Crippen molar-refractivity contribution in [3.05, 3.63) is 65.6 Å². The Morgan fingerprint density at radius 3 is 2.69 bits per heavy atom. The van der Waals surface area contributed by atoms with E-state index in [0.29, 0.717) is 11.3 Å². The third kappa shape index (κ3) is 4.24. The van der Waals surface area contributed by atoms with Gasteiger partial charge < -0.3 is 14.6 Å². The van der Waals surface area contributed by atoms with E-state index >= 15 is 0 Å². The maximum Gasteiger partial charge on any atom is 0.312 e. The smallest absolute Gasteiger partial charge is 0.312 e. The number of ether oxygens (including phenoxy) is 1. The number of amides is 1. The monoisotopic (exact) mass is 356 g/mol. The Hall–Kier alpha value is -3.22. The van der Waals surface area contributed by atoms with Crippen molar-refractivity contribution in [3.8, 4) is 0 Å². The number of carbonyl (C=O) groups excluding carboxylic acids is 2. The van der Waals surface area contributed by atoms with Crippen molar-refractivity contribution >= 4 is 22.8 Å². The second kappa shape index (κ2) is 7.77. The second-order valence-corrected chi connectivity index (χ2v) is 5.78. The zero-order valence-electron chi connectivity index (χ0n) is 14.1. The predicted octanol–water partition coefficient (Wildman–Crippen LogP) is 2.76. The van der Waals surface area contributed by atoms with Crippen molar-refractivity contribution in [2.75, 3.05) is 0 Å². The van der Waals surface area contributed by atoms with Gasteiger partial charge in [0.15, 0.2) is 11.7 Å². The number of hydrogen-bond acceptors (Lipinski definition) is 5. The maximum absolute atomic E-state index is 12.9. The van der Waals surface area contributed by atoms with Gasteiger partial charge in [-0.05, 0) is 36.8 Å². The molecule has 0 saturated carbocycles. The van der Waals surface area contributed by atoms with E-state index in [1.54, 1.807) is 24.3 Å². The minimum atomic E-state index is -0.957. The molecule has 0 unspecified atom stereocenters. The minimum Gasteiger partial charge on any atom is -0.452 e. The molecule has 7 heteroatoms. The summed E-state index contributed by atoms with van der Waals surface area (Å²) in [4.78, 5) is 24.1. The molecular formula is C19H17FN2O4. The Kier molecular flexibility index (Phi) is 5.26. The molecule has 0 aliphatic carbocycles. The maximum atomic E-state index is 12.9. The molecule has 1 atom stereocenters. The molecule has 0 radical (unpaired) electrons. The first-order valence-corrected chi connectivity index (χ1v) is 8.08. The van der Waals surface area contributed by atoms with Crippen LogP contribution in [0.1, 0.15) is 18.2 Å². The van der Waals surface area contributed by atoms with Crippen molar-refractivity contribution in [2.45, 2.75) is 26.0 Å². The van der Waals surface area contributed by atoms with Gasteiger partial charge in [-0.2, -0.15) is 0 Å². The number of carbonyl (C=O) groups is 2. The van der Waals surface area contributed by atoms with Crippen molar-refractivity contribution < 1.29 is 23.2 Å². The van der Waals surface area contributed by atoms with Crippen LogP contribution in [-0.4, -0.2) is 23.1 Å². The average molecular weight is 356 g/mol. The van der Waals surface area contributed by atoms with Crippen LogP contribution in [0.15, 0.2) is 53.1 Å². The lowest BCUT2D eigenvalue weighted by Crippen LogP contribution is -2.35. The van der Waals surface area contributed by atoms with E-state index in [9.17, 15) is 14.0 Å². The van der Waals surface area contributed by atoms with Crippen molar-refractivity contribution in [3.63, 3.8) is 0 Å². The first-order chi connectivity index (χ1) is 12.5. The first-order valence-electron chi connectivity index (χ1n) is 8.08. The van der Waals surface area contributed by atoms with Gasteiger partial charge in [0.25, 0.3) is 5.91 Å². The Bertz CT molecular complexity index is 921. The number of hydrogen-bond donors (Lipinski definition) is 1. The van der Waals surface area contributed by atoms with Crippen LogP contribution in [0.5, 0.6) is 0 Å². The van der Waals surface area contributed by atoms with Crippen LogP contribution in [-0.2, 0) is 27.3 Å². The van der Waals surface area contributed by atoms with Crippen LogP contribution in [0.4, 0.5) is 4.39 Å². The molecule has 1 aromatic heterocycles. The first kappa shape index (κ1) is 17.6.